The van der Waals surface area contributed by atoms with E-state index in [0.29, 0.717) is 31.0 Å². The van der Waals surface area contributed by atoms with Gasteiger partial charge in [-0.1, -0.05) is 30.3 Å². The van der Waals surface area contributed by atoms with E-state index in [1.54, 1.807) is 17.3 Å². The van der Waals surface area contributed by atoms with Gasteiger partial charge < -0.3 is 10.2 Å². The highest BCUT2D eigenvalue weighted by atomic mass is 16.2. The summed E-state index contributed by atoms with van der Waals surface area (Å²) in [4.78, 5) is 35.4. The molecule has 0 aliphatic carbocycles. The van der Waals surface area contributed by atoms with Crippen LogP contribution >= 0.6 is 0 Å². The number of Topliss-reactive ketones (excluding diaryl/α,β-unsaturated/α-hetero) is 1. The molecule has 1 saturated heterocycles. The van der Waals surface area contributed by atoms with Gasteiger partial charge in [-0.15, -0.1) is 0 Å². The Morgan fingerprint density at radius 1 is 1.19 bits per heavy atom. The van der Waals surface area contributed by atoms with Crippen LogP contribution in [0.5, 0.6) is 0 Å². The van der Waals surface area contributed by atoms with E-state index >= 15 is 0 Å². The monoisotopic (exact) mass is 366 g/mol. The number of carbonyl (C=O) groups is 2. The second-order valence-electron chi connectivity index (χ2n) is 6.87. The van der Waals surface area contributed by atoms with Gasteiger partial charge in [-0.25, -0.2) is 9.97 Å². The van der Waals surface area contributed by atoms with Gasteiger partial charge in [0.15, 0.2) is 0 Å². The van der Waals surface area contributed by atoms with Gasteiger partial charge in [0.05, 0.1) is 5.56 Å². The number of nitrogens with one attached hydrogen (secondary N) is 1. The first-order valence-electron chi connectivity index (χ1n) is 9.59. The number of nitrogens with zero attached hydrogens (tertiary/aromatic N) is 3. The summed E-state index contributed by atoms with van der Waals surface area (Å²) in [5, 5.41) is 3.01. The van der Waals surface area contributed by atoms with Gasteiger partial charge in [0, 0.05) is 44.4 Å². The van der Waals surface area contributed by atoms with Gasteiger partial charge in [-0.2, -0.15) is 0 Å². The SMILES string of the molecule is CCNc1ncc(C(=O)N2CCCC(C(=O)CCc3ccccc3)C2)cn1. The molecule has 1 aliphatic heterocycles. The highest BCUT2D eigenvalue weighted by Crippen LogP contribution is 2.21. The van der Waals surface area contributed by atoms with Crippen LogP contribution in [0.4, 0.5) is 5.95 Å². The molecule has 1 amide bonds. The summed E-state index contributed by atoms with van der Waals surface area (Å²) in [5.74, 6) is 0.587. The molecule has 1 aromatic heterocycles. The first-order valence-corrected chi connectivity index (χ1v) is 9.59. The van der Waals surface area contributed by atoms with Crippen LogP contribution in [0.25, 0.3) is 0 Å². The predicted octanol–water partition coefficient (Wildman–Crippen LogP) is 2.96. The Balaban J connectivity index is 1.56. The Hall–Kier alpha value is -2.76. The van der Waals surface area contributed by atoms with Crippen molar-refractivity contribution in [3.05, 3.63) is 53.9 Å². The molecule has 3 rings (SSSR count). The van der Waals surface area contributed by atoms with E-state index < -0.39 is 0 Å². The number of aryl methyl sites for hydroxylation is 1. The number of benzene rings is 1. The number of anilines is 1. The molecule has 27 heavy (non-hydrogen) atoms. The van der Waals surface area contributed by atoms with Crippen molar-refractivity contribution in [1.29, 1.82) is 0 Å². The molecule has 1 fully saturated rings. The van der Waals surface area contributed by atoms with E-state index in [1.165, 1.54) is 5.56 Å². The normalized spacial score (nSPS) is 16.8. The van der Waals surface area contributed by atoms with Crippen LogP contribution in [-0.4, -0.2) is 46.2 Å². The van der Waals surface area contributed by atoms with E-state index in [2.05, 4.69) is 15.3 Å². The Morgan fingerprint density at radius 3 is 2.63 bits per heavy atom. The van der Waals surface area contributed by atoms with Crippen molar-refractivity contribution in [2.24, 2.45) is 5.92 Å². The summed E-state index contributed by atoms with van der Waals surface area (Å²) in [6.45, 7) is 3.86. The van der Waals surface area contributed by atoms with E-state index in [1.807, 2.05) is 37.3 Å². The zero-order valence-corrected chi connectivity index (χ0v) is 15.7. The van der Waals surface area contributed by atoms with Gasteiger partial charge in [0.25, 0.3) is 5.91 Å². The summed E-state index contributed by atoms with van der Waals surface area (Å²) in [6, 6.07) is 10.0. The minimum atomic E-state index is -0.0985. The van der Waals surface area contributed by atoms with E-state index in [9.17, 15) is 9.59 Å². The van der Waals surface area contributed by atoms with Gasteiger partial charge in [-0.05, 0) is 31.7 Å². The van der Waals surface area contributed by atoms with Crippen molar-refractivity contribution in [3.63, 3.8) is 0 Å². The highest BCUT2D eigenvalue weighted by molar-refractivity contribution is 5.94. The average molecular weight is 366 g/mol. The van der Waals surface area contributed by atoms with Gasteiger partial charge in [0.1, 0.15) is 5.78 Å². The smallest absolute Gasteiger partial charge is 0.257 e. The Bertz CT molecular complexity index is 762. The second-order valence-corrected chi connectivity index (χ2v) is 6.87. The standard InChI is InChI=1S/C21H26N4O2/c1-2-22-21-23-13-18(14-24-21)20(27)25-12-6-9-17(15-25)19(26)11-10-16-7-4-3-5-8-16/h3-5,7-8,13-14,17H,2,6,9-12,15H2,1H3,(H,22,23,24). The van der Waals surface area contributed by atoms with Crippen LogP contribution in [0.2, 0.25) is 0 Å². The van der Waals surface area contributed by atoms with Crippen LogP contribution in [-0.2, 0) is 11.2 Å². The molecule has 0 bridgehead atoms. The molecule has 0 radical (unpaired) electrons. The molecule has 2 aromatic rings. The summed E-state index contributed by atoms with van der Waals surface area (Å²) in [5.41, 5.74) is 1.64. The minimum Gasteiger partial charge on any atom is -0.355 e. The van der Waals surface area contributed by atoms with E-state index in [4.69, 9.17) is 0 Å². The van der Waals surface area contributed by atoms with Crippen molar-refractivity contribution >= 4 is 17.6 Å². The number of piperidine rings is 1. The van der Waals surface area contributed by atoms with Crippen molar-refractivity contribution in [2.75, 3.05) is 25.0 Å². The summed E-state index contributed by atoms with van der Waals surface area (Å²) < 4.78 is 0. The van der Waals surface area contributed by atoms with Gasteiger partial charge >= 0.3 is 0 Å². The van der Waals surface area contributed by atoms with E-state index in [0.717, 1.165) is 25.8 Å². The molecule has 2 heterocycles. The fourth-order valence-corrected chi connectivity index (χ4v) is 3.41. The first kappa shape index (κ1) is 19.0. The van der Waals surface area contributed by atoms with Crippen molar-refractivity contribution in [1.82, 2.24) is 14.9 Å². The van der Waals surface area contributed by atoms with Crippen molar-refractivity contribution in [2.45, 2.75) is 32.6 Å². The van der Waals surface area contributed by atoms with Crippen LogP contribution in [0.15, 0.2) is 42.7 Å². The molecule has 0 spiro atoms. The molecule has 1 aromatic carbocycles. The number of hydrogen-bond donors (Lipinski definition) is 1. The zero-order chi connectivity index (χ0) is 19.1. The third-order valence-electron chi connectivity index (χ3n) is 4.90. The molecule has 1 unspecified atom stereocenters. The molecule has 142 valence electrons. The summed E-state index contributed by atoms with van der Waals surface area (Å²) in [7, 11) is 0. The zero-order valence-electron chi connectivity index (χ0n) is 15.7. The lowest BCUT2D eigenvalue weighted by Gasteiger charge is -2.32. The quantitative estimate of drug-likeness (QED) is 0.815. The summed E-state index contributed by atoms with van der Waals surface area (Å²) in [6.07, 6.45) is 6.08. The lowest BCUT2D eigenvalue weighted by atomic mass is 9.90. The molecule has 0 saturated carbocycles. The van der Waals surface area contributed by atoms with Crippen molar-refractivity contribution in [3.8, 4) is 0 Å². The van der Waals surface area contributed by atoms with Crippen LogP contribution in [0, 0.1) is 5.92 Å². The van der Waals surface area contributed by atoms with Crippen LogP contribution in [0.3, 0.4) is 0 Å². The van der Waals surface area contributed by atoms with Gasteiger partial charge in [-0.3, -0.25) is 9.59 Å². The molecule has 1 atom stereocenters. The third-order valence-corrected chi connectivity index (χ3v) is 4.90. The third kappa shape index (κ3) is 5.12. The van der Waals surface area contributed by atoms with Crippen LogP contribution < -0.4 is 5.32 Å². The Morgan fingerprint density at radius 2 is 1.93 bits per heavy atom. The largest absolute Gasteiger partial charge is 0.355 e. The Kier molecular flexibility index (Phi) is 6.52. The number of aromatic nitrogens is 2. The maximum absolute atomic E-state index is 12.7. The maximum atomic E-state index is 12.7. The number of hydrogen-bond acceptors (Lipinski definition) is 5. The van der Waals surface area contributed by atoms with E-state index in [-0.39, 0.29) is 17.6 Å². The average Bonchev–Trinajstić information content (AvgIpc) is 2.73. The fraction of sp³-hybridized carbons (Fsp3) is 0.429. The van der Waals surface area contributed by atoms with Crippen LogP contribution in [0.1, 0.15) is 42.1 Å². The molecule has 1 aliphatic rings. The first-order chi connectivity index (χ1) is 13.2. The molecule has 6 nitrogen and oxygen atoms in total. The number of carbonyl (C=O) groups excluding carboxylic acids is 2. The number of likely N-dealkylation sites (tertiary alicyclic amines) is 1. The molecule has 1 N–H and O–H groups in total. The summed E-state index contributed by atoms with van der Waals surface area (Å²) >= 11 is 0. The molecule has 6 heteroatoms. The van der Waals surface area contributed by atoms with Crippen molar-refractivity contribution < 1.29 is 9.59 Å². The number of amides is 1. The highest BCUT2D eigenvalue weighted by Gasteiger charge is 2.28. The molecular formula is C21H26N4O2. The molecular weight excluding hydrogens is 340 g/mol. The predicted molar refractivity (Wildman–Crippen MR) is 105 cm³/mol. The minimum absolute atomic E-state index is 0.0756. The topological polar surface area (TPSA) is 75.2 Å². The lowest BCUT2D eigenvalue weighted by Crippen LogP contribution is -2.42. The maximum Gasteiger partial charge on any atom is 0.257 e. The number of rotatable bonds is 7. The Labute approximate surface area is 160 Å². The second kappa shape index (κ2) is 9.26. The van der Waals surface area contributed by atoms with Gasteiger partial charge in [0.2, 0.25) is 5.95 Å². The number of ketones is 1. The fourth-order valence-electron chi connectivity index (χ4n) is 3.41. The lowest BCUT2D eigenvalue weighted by molar-refractivity contribution is -0.124.